The van der Waals surface area contributed by atoms with Gasteiger partial charge in [0.1, 0.15) is 0 Å². The molecule has 0 amide bonds. The predicted octanol–water partition coefficient (Wildman–Crippen LogP) is 2.95. The zero-order valence-electron chi connectivity index (χ0n) is 7.96. The number of nitrogens with one attached hydrogen (secondary N) is 1. The van der Waals surface area contributed by atoms with Gasteiger partial charge in [-0.2, -0.15) is 0 Å². The minimum Gasteiger partial charge on any atom is -0.481 e. The van der Waals surface area contributed by atoms with E-state index in [4.69, 9.17) is 5.11 Å². The Bertz CT molecular complexity index is 504. The fourth-order valence-corrected chi connectivity index (χ4v) is 2.03. The van der Waals surface area contributed by atoms with Crippen LogP contribution in [-0.2, 0) is 11.2 Å². The molecule has 78 valence electrons. The molecule has 15 heavy (non-hydrogen) atoms. The zero-order valence-corrected chi connectivity index (χ0v) is 9.54. The van der Waals surface area contributed by atoms with Crippen LogP contribution >= 0.6 is 15.9 Å². The molecule has 0 aliphatic rings. The lowest BCUT2D eigenvalue weighted by Gasteiger charge is -1.93. The first-order chi connectivity index (χ1) is 7.16. The van der Waals surface area contributed by atoms with Crippen LogP contribution < -0.4 is 0 Å². The third-order valence-corrected chi connectivity index (χ3v) is 2.93. The van der Waals surface area contributed by atoms with Crippen LogP contribution in [0.1, 0.15) is 12.1 Å². The van der Waals surface area contributed by atoms with E-state index in [2.05, 4.69) is 20.9 Å². The highest BCUT2D eigenvalue weighted by Crippen LogP contribution is 2.24. The largest absolute Gasteiger partial charge is 0.481 e. The maximum absolute atomic E-state index is 10.4. The van der Waals surface area contributed by atoms with Gasteiger partial charge in [-0.05, 0) is 34.5 Å². The number of rotatable bonds is 3. The molecule has 1 aromatic heterocycles. The van der Waals surface area contributed by atoms with Crippen LogP contribution in [0.3, 0.4) is 0 Å². The smallest absolute Gasteiger partial charge is 0.303 e. The van der Waals surface area contributed by atoms with Crippen molar-refractivity contribution in [3.63, 3.8) is 0 Å². The van der Waals surface area contributed by atoms with Crippen LogP contribution in [0.4, 0.5) is 0 Å². The molecule has 0 radical (unpaired) electrons. The molecule has 0 atom stereocenters. The van der Waals surface area contributed by atoms with Crippen molar-refractivity contribution in [3.8, 4) is 0 Å². The van der Waals surface area contributed by atoms with Gasteiger partial charge in [-0.3, -0.25) is 4.79 Å². The topological polar surface area (TPSA) is 53.1 Å². The maximum atomic E-state index is 10.4. The van der Waals surface area contributed by atoms with Gasteiger partial charge in [0.25, 0.3) is 0 Å². The number of carboxylic acids is 1. The summed E-state index contributed by atoms with van der Waals surface area (Å²) >= 11 is 3.44. The standard InChI is InChI=1S/C11H10BrNO2/c12-9-3-1-2-7-6-8(13-11(7)9)4-5-10(14)15/h1-3,6,13H,4-5H2,(H,14,15). The van der Waals surface area contributed by atoms with E-state index in [0.29, 0.717) is 6.42 Å². The molecule has 2 N–H and O–H groups in total. The predicted molar refractivity (Wildman–Crippen MR) is 62.0 cm³/mol. The summed E-state index contributed by atoms with van der Waals surface area (Å²) in [7, 11) is 0. The van der Waals surface area contributed by atoms with E-state index in [1.807, 2.05) is 24.3 Å². The van der Waals surface area contributed by atoms with Crippen molar-refractivity contribution in [1.29, 1.82) is 0 Å². The summed E-state index contributed by atoms with van der Waals surface area (Å²) in [5, 5.41) is 9.68. The highest BCUT2D eigenvalue weighted by molar-refractivity contribution is 9.10. The number of para-hydroxylation sites is 1. The normalized spacial score (nSPS) is 10.7. The van der Waals surface area contributed by atoms with Gasteiger partial charge in [-0.25, -0.2) is 0 Å². The molecular weight excluding hydrogens is 258 g/mol. The van der Waals surface area contributed by atoms with Crippen molar-refractivity contribution >= 4 is 32.8 Å². The summed E-state index contributed by atoms with van der Waals surface area (Å²) < 4.78 is 1.00. The van der Waals surface area contributed by atoms with Gasteiger partial charge >= 0.3 is 5.97 Å². The number of aromatic nitrogens is 1. The van der Waals surface area contributed by atoms with Gasteiger partial charge in [0.05, 0.1) is 11.9 Å². The summed E-state index contributed by atoms with van der Waals surface area (Å²) in [5.41, 5.74) is 1.98. The number of carboxylic acid groups (broad SMARTS) is 1. The van der Waals surface area contributed by atoms with E-state index in [-0.39, 0.29) is 6.42 Å². The molecular formula is C11H10BrNO2. The van der Waals surface area contributed by atoms with Crippen molar-refractivity contribution in [2.75, 3.05) is 0 Å². The number of H-pyrrole nitrogens is 1. The maximum Gasteiger partial charge on any atom is 0.303 e. The fourth-order valence-electron chi connectivity index (χ4n) is 1.55. The molecule has 0 spiro atoms. The van der Waals surface area contributed by atoms with Gasteiger partial charge in [-0.15, -0.1) is 0 Å². The SMILES string of the molecule is O=C(O)CCc1cc2cccc(Br)c2[nH]1. The molecule has 0 saturated carbocycles. The first-order valence-corrected chi connectivity index (χ1v) is 5.44. The molecule has 1 heterocycles. The van der Waals surface area contributed by atoms with Crippen LogP contribution in [0.15, 0.2) is 28.7 Å². The molecule has 0 saturated heterocycles. The van der Waals surface area contributed by atoms with Crippen molar-refractivity contribution in [2.24, 2.45) is 0 Å². The minimum atomic E-state index is -0.771. The van der Waals surface area contributed by atoms with Crippen LogP contribution in [-0.4, -0.2) is 16.1 Å². The number of benzene rings is 1. The van der Waals surface area contributed by atoms with Crippen molar-refractivity contribution in [2.45, 2.75) is 12.8 Å². The summed E-state index contributed by atoms with van der Waals surface area (Å²) in [4.78, 5) is 13.6. The average Bonchev–Trinajstić information content (AvgIpc) is 2.59. The van der Waals surface area contributed by atoms with Crippen LogP contribution in [0, 0.1) is 0 Å². The van der Waals surface area contributed by atoms with Crippen LogP contribution in [0.5, 0.6) is 0 Å². The molecule has 2 rings (SSSR count). The summed E-state index contributed by atoms with van der Waals surface area (Å²) in [6, 6.07) is 7.91. The van der Waals surface area contributed by atoms with Crippen molar-refractivity contribution < 1.29 is 9.90 Å². The van der Waals surface area contributed by atoms with Crippen LogP contribution in [0.2, 0.25) is 0 Å². The van der Waals surface area contributed by atoms with Gasteiger partial charge in [0, 0.05) is 15.6 Å². The second-order valence-corrected chi connectivity index (χ2v) is 4.25. The minimum absolute atomic E-state index is 0.157. The van der Waals surface area contributed by atoms with Crippen LogP contribution in [0.25, 0.3) is 10.9 Å². The number of aliphatic carboxylic acids is 1. The Hall–Kier alpha value is -1.29. The summed E-state index contributed by atoms with van der Waals surface area (Å²) in [5.74, 6) is -0.771. The van der Waals surface area contributed by atoms with E-state index in [1.54, 1.807) is 0 Å². The summed E-state index contributed by atoms with van der Waals surface area (Å²) in [6.07, 6.45) is 0.695. The molecule has 3 nitrogen and oxygen atoms in total. The van der Waals surface area contributed by atoms with Gasteiger partial charge < -0.3 is 10.1 Å². The van der Waals surface area contributed by atoms with E-state index in [1.165, 1.54) is 0 Å². The molecule has 2 aromatic rings. The highest BCUT2D eigenvalue weighted by atomic mass is 79.9. The van der Waals surface area contributed by atoms with Crippen molar-refractivity contribution in [3.05, 3.63) is 34.4 Å². The summed E-state index contributed by atoms with van der Waals surface area (Å²) in [6.45, 7) is 0. The number of aryl methyl sites for hydroxylation is 1. The lowest BCUT2D eigenvalue weighted by Crippen LogP contribution is -1.97. The lowest BCUT2D eigenvalue weighted by molar-refractivity contribution is -0.136. The van der Waals surface area contributed by atoms with Gasteiger partial charge in [0.15, 0.2) is 0 Å². The second kappa shape index (κ2) is 4.06. The number of carbonyl (C=O) groups is 1. The molecule has 0 aliphatic heterocycles. The molecule has 0 unspecified atom stereocenters. The molecule has 0 bridgehead atoms. The Morgan fingerprint density at radius 3 is 2.93 bits per heavy atom. The molecule has 0 fully saturated rings. The number of fused-ring (bicyclic) bond motifs is 1. The second-order valence-electron chi connectivity index (χ2n) is 3.39. The molecule has 1 aromatic carbocycles. The monoisotopic (exact) mass is 267 g/mol. The number of hydrogen-bond acceptors (Lipinski definition) is 1. The number of halogens is 1. The highest BCUT2D eigenvalue weighted by Gasteiger charge is 2.05. The zero-order chi connectivity index (χ0) is 10.8. The van der Waals surface area contributed by atoms with Crippen molar-refractivity contribution in [1.82, 2.24) is 4.98 Å². The Morgan fingerprint density at radius 1 is 1.47 bits per heavy atom. The van der Waals surface area contributed by atoms with E-state index < -0.39 is 5.97 Å². The average molecular weight is 268 g/mol. The number of aromatic amines is 1. The van der Waals surface area contributed by atoms with Gasteiger partial charge in [-0.1, -0.05) is 12.1 Å². The lowest BCUT2D eigenvalue weighted by atomic mass is 10.2. The Morgan fingerprint density at radius 2 is 2.27 bits per heavy atom. The van der Waals surface area contributed by atoms with E-state index in [9.17, 15) is 4.79 Å². The third kappa shape index (κ3) is 2.21. The number of hydrogen-bond donors (Lipinski definition) is 2. The molecule has 4 heteroatoms. The van der Waals surface area contributed by atoms with E-state index >= 15 is 0 Å². The molecule has 0 aliphatic carbocycles. The van der Waals surface area contributed by atoms with Gasteiger partial charge in [0.2, 0.25) is 0 Å². The first-order valence-electron chi connectivity index (χ1n) is 4.65. The first kappa shape index (κ1) is 10.2. The Kier molecular flexibility index (Phi) is 2.77. The van der Waals surface area contributed by atoms with E-state index in [0.717, 1.165) is 21.1 Å². The third-order valence-electron chi connectivity index (χ3n) is 2.27. The quantitative estimate of drug-likeness (QED) is 0.899. The Labute approximate surface area is 95.2 Å². The Balaban J connectivity index is 2.31. The fraction of sp³-hybridized carbons (Fsp3) is 0.182.